The number of rotatable bonds is 8. The Balaban J connectivity index is 2.32. The smallest absolute Gasteiger partial charge is 0.318 e. The van der Waals surface area contributed by atoms with E-state index in [1.54, 1.807) is 0 Å². The lowest BCUT2D eigenvalue weighted by molar-refractivity contribution is 0.149. The van der Waals surface area contributed by atoms with Gasteiger partial charge in [-0.2, -0.15) is 4.98 Å². The minimum Gasteiger partial charge on any atom is -0.467 e. The van der Waals surface area contributed by atoms with Crippen molar-refractivity contribution < 1.29 is 9.47 Å². The van der Waals surface area contributed by atoms with Gasteiger partial charge in [0, 0.05) is 6.54 Å². The molecule has 0 amide bonds. The molecule has 1 heterocycles. The van der Waals surface area contributed by atoms with Crippen LogP contribution in [0.2, 0.25) is 5.02 Å². The van der Waals surface area contributed by atoms with E-state index >= 15 is 0 Å². The standard InChI is InChI=1S/C11H16ClN3O2/c1-3-4-6-17-7-5-13-10-9(12)8-14-11(15-10)16-2/h3,8H,1,4-7H2,2H3,(H,13,14,15). The molecule has 0 unspecified atom stereocenters. The molecule has 1 aromatic rings. The van der Waals surface area contributed by atoms with Gasteiger partial charge in [0.1, 0.15) is 5.02 Å². The van der Waals surface area contributed by atoms with Gasteiger partial charge in [-0.25, -0.2) is 4.98 Å². The topological polar surface area (TPSA) is 56.3 Å². The van der Waals surface area contributed by atoms with Crippen molar-refractivity contribution in [2.45, 2.75) is 6.42 Å². The lowest BCUT2D eigenvalue weighted by Crippen LogP contribution is -2.11. The maximum Gasteiger partial charge on any atom is 0.318 e. The molecular formula is C11H16ClN3O2. The van der Waals surface area contributed by atoms with Crippen LogP contribution in [0.3, 0.4) is 0 Å². The summed E-state index contributed by atoms with van der Waals surface area (Å²) in [4.78, 5) is 7.96. The van der Waals surface area contributed by atoms with Crippen LogP contribution in [0.1, 0.15) is 6.42 Å². The first-order valence-corrected chi connectivity index (χ1v) is 5.64. The number of halogens is 1. The van der Waals surface area contributed by atoms with E-state index in [1.807, 2.05) is 6.08 Å². The van der Waals surface area contributed by atoms with Gasteiger partial charge in [-0.3, -0.25) is 0 Å². The third-order valence-electron chi connectivity index (χ3n) is 1.91. The predicted molar refractivity (Wildman–Crippen MR) is 67.7 cm³/mol. The normalized spacial score (nSPS) is 10.0. The Morgan fingerprint density at radius 2 is 2.35 bits per heavy atom. The van der Waals surface area contributed by atoms with Crippen LogP contribution in [0.15, 0.2) is 18.9 Å². The van der Waals surface area contributed by atoms with Gasteiger partial charge in [-0.15, -0.1) is 6.58 Å². The zero-order valence-electron chi connectivity index (χ0n) is 9.78. The van der Waals surface area contributed by atoms with E-state index in [1.165, 1.54) is 13.3 Å². The highest BCUT2D eigenvalue weighted by Crippen LogP contribution is 2.19. The highest BCUT2D eigenvalue weighted by Gasteiger charge is 2.04. The van der Waals surface area contributed by atoms with E-state index < -0.39 is 0 Å². The quantitative estimate of drug-likeness (QED) is 0.571. The number of aromatic nitrogens is 2. The van der Waals surface area contributed by atoms with Gasteiger partial charge >= 0.3 is 6.01 Å². The molecule has 0 saturated heterocycles. The maximum absolute atomic E-state index is 5.92. The van der Waals surface area contributed by atoms with Crippen molar-refractivity contribution in [3.8, 4) is 6.01 Å². The molecule has 6 heteroatoms. The summed E-state index contributed by atoms with van der Waals surface area (Å²) in [5.41, 5.74) is 0. The van der Waals surface area contributed by atoms with Gasteiger partial charge in [-0.05, 0) is 6.42 Å². The first-order valence-electron chi connectivity index (χ1n) is 5.27. The van der Waals surface area contributed by atoms with E-state index in [0.717, 1.165) is 6.42 Å². The largest absolute Gasteiger partial charge is 0.467 e. The Hall–Kier alpha value is -1.33. The molecule has 0 aromatic carbocycles. The fourth-order valence-electron chi connectivity index (χ4n) is 1.08. The van der Waals surface area contributed by atoms with Crippen LogP contribution in [0, 0.1) is 0 Å². The highest BCUT2D eigenvalue weighted by molar-refractivity contribution is 6.32. The first-order chi connectivity index (χ1) is 8.27. The predicted octanol–water partition coefficient (Wildman–Crippen LogP) is 2.14. The average molecular weight is 258 g/mol. The number of nitrogens with zero attached hydrogens (tertiary/aromatic N) is 2. The van der Waals surface area contributed by atoms with Crippen LogP contribution in [0.25, 0.3) is 0 Å². The lowest BCUT2D eigenvalue weighted by Gasteiger charge is -2.08. The third-order valence-corrected chi connectivity index (χ3v) is 2.19. The van der Waals surface area contributed by atoms with Gasteiger partial charge in [0.25, 0.3) is 0 Å². The van der Waals surface area contributed by atoms with Crippen molar-refractivity contribution in [2.24, 2.45) is 0 Å². The van der Waals surface area contributed by atoms with Crippen molar-refractivity contribution in [3.63, 3.8) is 0 Å². The van der Waals surface area contributed by atoms with Crippen LogP contribution in [-0.2, 0) is 4.74 Å². The molecule has 0 spiro atoms. The molecule has 0 bridgehead atoms. The molecule has 0 saturated carbocycles. The number of methoxy groups -OCH3 is 1. The number of anilines is 1. The number of hydrogen-bond donors (Lipinski definition) is 1. The zero-order chi connectivity index (χ0) is 12.5. The van der Waals surface area contributed by atoms with Crippen LogP contribution >= 0.6 is 11.6 Å². The number of ether oxygens (including phenoxy) is 2. The molecule has 0 aliphatic heterocycles. The molecule has 0 aliphatic carbocycles. The summed E-state index contributed by atoms with van der Waals surface area (Å²) in [6.07, 6.45) is 4.16. The van der Waals surface area contributed by atoms with Gasteiger partial charge < -0.3 is 14.8 Å². The van der Waals surface area contributed by atoms with Crippen LogP contribution in [0.5, 0.6) is 6.01 Å². The Kier molecular flexibility index (Phi) is 6.35. The summed E-state index contributed by atoms with van der Waals surface area (Å²) < 4.78 is 10.2. The number of nitrogens with one attached hydrogen (secondary N) is 1. The minimum atomic E-state index is 0.282. The first kappa shape index (κ1) is 13.7. The number of hydrogen-bond acceptors (Lipinski definition) is 5. The molecule has 0 radical (unpaired) electrons. The fraction of sp³-hybridized carbons (Fsp3) is 0.455. The van der Waals surface area contributed by atoms with Crippen LogP contribution in [-0.4, -0.2) is 36.8 Å². The SMILES string of the molecule is C=CCCOCCNc1nc(OC)ncc1Cl. The van der Waals surface area contributed by atoms with Crippen LogP contribution in [0.4, 0.5) is 5.82 Å². The molecule has 5 nitrogen and oxygen atoms in total. The van der Waals surface area contributed by atoms with E-state index in [-0.39, 0.29) is 6.01 Å². The summed E-state index contributed by atoms with van der Waals surface area (Å²) in [6.45, 7) is 5.49. The molecule has 1 N–H and O–H groups in total. The molecule has 17 heavy (non-hydrogen) atoms. The van der Waals surface area contributed by atoms with Crippen molar-refractivity contribution in [2.75, 3.05) is 32.2 Å². The van der Waals surface area contributed by atoms with Gasteiger partial charge in [0.15, 0.2) is 5.82 Å². The van der Waals surface area contributed by atoms with E-state index in [4.69, 9.17) is 21.1 Å². The molecule has 1 aromatic heterocycles. The summed E-state index contributed by atoms with van der Waals surface area (Å²) in [6, 6.07) is 0.282. The Morgan fingerprint density at radius 3 is 3.06 bits per heavy atom. The van der Waals surface area contributed by atoms with Gasteiger partial charge in [0.2, 0.25) is 0 Å². The van der Waals surface area contributed by atoms with Gasteiger partial charge in [0.05, 0.1) is 26.5 Å². The summed E-state index contributed by atoms with van der Waals surface area (Å²) in [5.74, 6) is 0.547. The molecule has 1 rings (SSSR count). The minimum absolute atomic E-state index is 0.282. The summed E-state index contributed by atoms with van der Waals surface area (Å²) >= 11 is 5.92. The molecule has 0 atom stereocenters. The monoisotopic (exact) mass is 257 g/mol. The summed E-state index contributed by atoms with van der Waals surface area (Å²) in [7, 11) is 1.51. The zero-order valence-corrected chi connectivity index (χ0v) is 10.5. The molecule has 0 fully saturated rings. The second-order valence-corrected chi connectivity index (χ2v) is 3.58. The highest BCUT2D eigenvalue weighted by atomic mass is 35.5. The summed E-state index contributed by atoms with van der Waals surface area (Å²) in [5, 5.41) is 3.51. The Bertz CT molecular complexity index is 361. The van der Waals surface area contributed by atoms with E-state index in [9.17, 15) is 0 Å². The average Bonchev–Trinajstić information content (AvgIpc) is 2.35. The van der Waals surface area contributed by atoms with Crippen molar-refractivity contribution >= 4 is 17.4 Å². The fourth-order valence-corrected chi connectivity index (χ4v) is 1.24. The van der Waals surface area contributed by atoms with Crippen LogP contribution < -0.4 is 10.1 Å². The van der Waals surface area contributed by atoms with Crippen molar-refractivity contribution in [1.82, 2.24) is 9.97 Å². The maximum atomic E-state index is 5.92. The Labute approximate surface area is 106 Å². The van der Waals surface area contributed by atoms with Crippen molar-refractivity contribution in [1.29, 1.82) is 0 Å². The second kappa shape index (κ2) is 7.86. The third kappa shape index (κ3) is 5.01. The molecule has 94 valence electrons. The van der Waals surface area contributed by atoms with Gasteiger partial charge in [-0.1, -0.05) is 17.7 Å². The van der Waals surface area contributed by atoms with E-state index in [0.29, 0.717) is 30.6 Å². The lowest BCUT2D eigenvalue weighted by atomic mass is 10.4. The van der Waals surface area contributed by atoms with E-state index in [2.05, 4.69) is 21.9 Å². The molecule has 0 aliphatic rings. The Morgan fingerprint density at radius 1 is 1.53 bits per heavy atom. The second-order valence-electron chi connectivity index (χ2n) is 3.17. The molecular weight excluding hydrogens is 242 g/mol. The van der Waals surface area contributed by atoms with Crippen molar-refractivity contribution in [3.05, 3.63) is 23.9 Å².